The molecule has 2 aromatic carbocycles. The van der Waals surface area contributed by atoms with Gasteiger partial charge in [0.25, 0.3) is 5.91 Å². The molecule has 1 aliphatic rings. The molecule has 30 heavy (non-hydrogen) atoms. The second-order valence-corrected chi connectivity index (χ2v) is 9.88. The molecule has 2 heterocycles. The van der Waals surface area contributed by atoms with E-state index in [1.54, 1.807) is 33.1 Å². The molecule has 7 heteroatoms. The minimum absolute atomic E-state index is 0.185. The summed E-state index contributed by atoms with van der Waals surface area (Å²) in [5, 5.41) is 3.70. The Labute approximate surface area is 177 Å². The number of nitrogens with zero attached hydrogens (tertiary/aromatic N) is 2. The quantitative estimate of drug-likeness (QED) is 0.679. The van der Waals surface area contributed by atoms with Gasteiger partial charge in [-0.05, 0) is 49.6 Å². The first-order valence-corrected chi connectivity index (χ1v) is 11.7. The minimum atomic E-state index is -3.50. The molecule has 0 bridgehead atoms. The molecular formula is C23H27N3O3S. The summed E-state index contributed by atoms with van der Waals surface area (Å²) >= 11 is 0. The monoisotopic (exact) mass is 425 g/mol. The van der Waals surface area contributed by atoms with E-state index in [4.69, 9.17) is 0 Å². The maximum Gasteiger partial charge on any atom is 0.268 e. The third kappa shape index (κ3) is 4.00. The largest absolute Gasteiger partial charge is 0.347 e. The van der Waals surface area contributed by atoms with Gasteiger partial charge in [0, 0.05) is 37.6 Å². The Morgan fingerprint density at radius 2 is 1.80 bits per heavy atom. The number of rotatable bonds is 5. The van der Waals surface area contributed by atoms with E-state index in [-0.39, 0.29) is 10.8 Å². The molecule has 1 N–H and O–H groups in total. The topological polar surface area (TPSA) is 71.4 Å². The van der Waals surface area contributed by atoms with Gasteiger partial charge in [0.1, 0.15) is 5.69 Å². The van der Waals surface area contributed by atoms with Crippen LogP contribution in [-0.4, -0.2) is 36.3 Å². The fourth-order valence-electron chi connectivity index (χ4n) is 4.06. The lowest BCUT2D eigenvalue weighted by molar-refractivity contribution is 0.0943. The maximum atomic E-state index is 13.0. The summed E-state index contributed by atoms with van der Waals surface area (Å²) in [7, 11) is -1.68. The number of hydrogen-bond donors (Lipinski definition) is 1. The van der Waals surface area contributed by atoms with Crippen LogP contribution in [0.15, 0.2) is 53.4 Å². The van der Waals surface area contributed by atoms with Gasteiger partial charge in [0.2, 0.25) is 10.0 Å². The fourth-order valence-corrected chi connectivity index (χ4v) is 5.61. The van der Waals surface area contributed by atoms with E-state index in [0.29, 0.717) is 25.3 Å². The van der Waals surface area contributed by atoms with Gasteiger partial charge < -0.3 is 9.88 Å². The molecule has 1 saturated heterocycles. The molecular weight excluding hydrogens is 398 g/mol. The lowest BCUT2D eigenvalue weighted by Crippen LogP contribution is -2.35. The predicted octanol–water partition coefficient (Wildman–Crippen LogP) is 3.59. The van der Waals surface area contributed by atoms with E-state index in [2.05, 4.69) is 5.32 Å². The fraction of sp³-hybridized carbons (Fsp3) is 0.348. The summed E-state index contributed by atoms with van der Waals surface area (Å²) < 4.78 is 29.3. The SMILES string of the molecule is Cc1cccc(CNC(=O)c2cc3cc(S(=O)(=O)N4CCCCC4)ccc3n2C)c1. The van der Waals surface area contributed by atoms with Crippen molar-refractivity contribution in [1.29, 1.82) is 0 Å². The molecule has 1 aromatic heterocycles. The molecule has 0 radical (unpaired) electrons. The number of aryl methyl sites for hydroxylation is 2. The van der Waals surface area contributed by atoms with Crippen LogP contribution in [0.2, 0.25) is 0 Å². The second-order valence-electron chi connectivity index (χ2n) is 7.95. The van der Waals surface area contributed by atoms with Crippen LogP contribution in [0.25, 0.3) is 10.9 Å². The molecule has 0 saturated carbocycles. The van der Waals surface area contributed by atoms with Crippen LogP contribution in [0, 0.1) is 6.92 Å². The van der Waals surface area contributed by atoms with Crippen molar-refractivity contribution in [2.75, 3.05) is 13.1 Å². The number of aromatic nitrogens is 1. The molecule has 4 rings (SSSR count). The van der Waals surface area contributed by atoms with Crippen molar-refractivity contribution in [3.63, 3.8) is 0 Å². The molecule has 3 aromatic rings. The van der Waals surface area contributed by atoms with Crippen molar-refractivity contribution >= 4 is 26.8 Å². The number of carbonyl (C=O) groups is 1. The molecule has 6 nitrogen and oxygen atoms in total. The molecule has 1 aliphatic heterocycles. The Balaban J connectivity index is 1.58. The van der Waals surface area contributed by atoms with Crippen LogP contribution >= 0.6 is 0 Å². The van der Waals surface area contributed by atoms with Gasteiger partial charge in [0.15, 0.2) is 0 Å². The normalized spacial score (nSPS) is 15.4. The van der Waals surface area contributed by atoms with Crippen molar-refractivity contribution < 1.29 is 13.2 Å². The average Bonchev–Trinajstić information content (AvgIpc) is 3.09. The molecule has 0 spiro atoms. The first-order valence-electron chi connectivity index (χ1n) is 10.3. The zero-order chi connectivity index (χ0) is 21.3. The lowest BCUT2D eigenvalue weighted by atomic mass is 10.1. The molecule has 0 unspecified atom stereocenters. The Morgan fingerprint density at radius 1 is 1.03 bits per heavy atom. The van der Waals surface area contributed by atoms with Gasteiger partial charge in [-0.25, -0.2) is 8.42 Å². The zero-order valence-electron chi connectivity index (χ0n) is 17.4. The van der Waals surface area contributed by atoms with Crippen molar-refractivity contribution in [2.45, 2.75) is 37.6 Å². The summed E-state index contributed by atoms with van der Waals surface area (Å²) in [6.45, 7) is 3.60. The summed E-state index contributed by atoms with van der Waals surface area (Å²) in [6, 6.07) is 14.9. The highest BCUT2D eigenvalue weighted by Gasteiger charge is 2.26. The second kappa shape index (κ2) is 8.24. The van der Waals surface area contributed by atoms with Gasteiger partial charge in [-0.1, -0.05) is 36.2 Å². The number of carbonyl (C=O) groups excluding carboxylic acids is 1. The van der Waals surface area contributed by atoms with Crippen LogP contribution in [0.3, 0.4) is 0 Å². The third-order valence-corrected chi connectivity index (χ3v) is 7.63. The van der Waals surface area contributed by atoms with E-state index in [0.717, 1.165) is 41.3 Å². The van der Waals surface area contributed by atoms with Gasteiger partial charge in [-0.2, -0.15) is 4.31 Å². The van der Waals surface area contributed by atoms with Crippen LogP contribution in [-0.2, 0) is 23.6 Å². The summed E-state index contributed by atoms with van der Waals surface area (Å²) in [6.07, 6.45) is 2.88. The summed E-state index contributed by atoms with van der Waals surface area (Å²) in [5.74, 6) is -0.185. The standard InChI is InChI=1S/C23H27N3O3S/c1-17-7-6-8-18(13-17)16-24-23(27)22-15-19-14-20(9-10-21(19)25(22)2)30(28,29)26-11-4-3-5-12-26/h6-10,13-15H,3-5,11-12,16H2,1-2H3,(H,24,27). The third-order valence-electron chi connectivity index (χ3n) is 5.73. The molecule has 0 atom stereocenters. The molecule has 1 fully saturated rings. The van der Waals surface area contributed by atoms with Gasteiger partial charge in [0.05, 0.1) is 4.90 Å². The highest BCUT2D eigenvalue weighted by Crippen LogP contribution is 2.26. The number of piperidine rings is 1. The number of amides is 1. The van der Waals surface area contributed by atoms with E-state index < -0.39 is 10.0 Å². The van der Waals surface area contributed by atoms with Crippen molar-refractivity contribution in [1.82, 2.24) is 14.2 Å². The van der Waals surface area contributed by atoms with Crippen LogP contribution in [0.1, 0.15) is 40.9 Å². The van der Waals surface area contributed by atoms with E-state index in [1.807, 2.05) is 38.2 Å². The number of fused-ring (bicyclic) bond motifs is 1. The Hall–Kier alpha value is -2.64. The van der Waals surface area contributed by atoms with Crippen molar-refractivity contribution in [2.24, 2.45) is 7.05 Å². The minimum Gasteiger partial charge on any atom is -0.347 e. The number of hydrogen-bond acceptors (Lipinski definition) is 3. The van der Waals surface area contributed by atoms with Crippen LogP contribution in [0.4, 0.5) is 0 Å². The van der Waals surface area contributed by atoms with E-state index in [9.17, 15) is 13.2 Å². The predicted molar refractivity (Wildman–Crippen MR) is 118 cm³/mol. The Morgan fingerprint density at radius 3 is 2.53 bits per heavy atom. The number of benzene rings is 2. The van der Waals surface area contributed by atoms with E-state index in [1.165, 1.54) is 0 Å². The van der Waals surface area contributed by atoms with Gasteiger partial charge in [-0.15, -0.1) is 0 Å². The van der Waals surface area contributed by atoms with Crippen molar-refractivity contribution in [3.05, 3.63) is 65.4 Å². The zero-order valence-corrected chi connectivity index (χ0v) is 18.2. The Bertz CT molecular complexity index is 1190. The maximum absolute atomic E-state index is 13.0. The lowest BCUT2D eigenvalue weighted by Gasteiger charge is -2.25. The highest BCUT2D eigenvalue weighted by molar-refractivity contribution is 7.89. The first-order chi connectivity index (χ1) is 14.4. The highest BCUT2D eigenvalue weighted by atomic mass is 32.2. The molecule has 158 valence electrons. The van der Waals surface area contributed by atoms with Gasteiger partial charge in [-0.3, -0.25) is 4.79 Å². The van der Waals surface area contributed by atoms with Crippen molar-refractivity contribution in [3.8, 4) is 0 Å². The smallest absolute Gasteiger partial charge is 0.268 e. The number of nitrogens with one attached hydrogen (secondary N) is 1. The van der Waals surface area contributed by atoms with E-state index >= 15 is 0 Å². The Kier molecular flexibility index (Phi) is 5.66. The summed E-state index contributed by atoms with van der Waals surface area (Å²) in [4.78, 5) is 13.1. The molecule has 1 amide bonds. The molecule has 0 aliphatic carbocycles. The first kappa shape index (κ1) is 20.6. The van der Waals surface area contributed by atoms with Crippen LogP contribution < -0.4 is 5.32 Å². The summed E-state index contributed by atoms with van der Waals surface area (Å²) in [5.41, 5.74) is 3.52. The number of sulfonamides is 1. The van der Waals surface area contributed by atoms with Gasteiger partial charge >= 0.3 is 0 Å². The average molecular weight is 426 g/mol. The van der Waals surface area contributed by atoms with Crippen LogP contribution in [0.5, 0.6) is 0 Å².